The fourth-order valence-electron chi connectivity index (χ4n) is 5.21. The smallest absolute Gasteiger partial charge is 0.326 e. The van der Waals surface area contributed by atoms with E-state index in [9.17, 15) is 19.2 Å². The monoisotopic (exact) mass is 399 g/mol. The van der Waals surface area contributed by atoms with Gasteiger partial charge >= 0.3 is 5.97 Å². The number of amides is 2. The minimum absolute atomic E-state index is 0.115. The van der Waals surface area contributed by atoms with Crippen LogP contribution in [0.25, 0.3) is 0 Å². The molecule has 0 spiro atoms. The van der Waals surface area contributed by atoms with Crippen LogP contribution in [-0.2, 0) is 19.1 Å². The van der Waals surface area contributed by atoms with Crippen molar-refractivity contribution >= 4 is 35.2 Å². The van der Waals surface area contributed by atoms with E-state index in [2.05, 4.69) is 12.2 Å². The summed E-state index contributed by atoms with van der Waals surface area (Å²) in [4.78, 5) is 50.9. The van der Waals surface area contributed by atoms with E-state index in [1.165, 1.54) is 0 Å². The van der Waals surface area contributed by atoms with Crippen LogP contribution in [-0.4, -0.2) is 41.6 Å². The molecular weight excluding hydrogens is 382 g/mol. The van der Waals surface area contributed by atoms with Gasteiger partial charge in [-0.05, 0) is 54.4 Å². The highest BCUT2D eigenvalue weighted by Gasteiger charge is 2.67. The molecule has 6 atom stereocenters. The molecule has 0 aromatic heterocycles. The second-order valence-electron chi connectivity index (χ2n) is 8.01. The van der Waals surface area contributed by atoms with Gasteiger partial charge < -0.3 is 4.74 Å². The first kappa shape index (κ1) is 17.6. The summed E-state index contributed by atoms with van der Waals surface area (Å²) in [6, 6.07) is 6.25. The SMILES string of the molecule is O=C(CN1C(=O)[C@@H]2[C@@H]3C=C[C@@H]([C@@H]4C[C@@H]34)[C@@H]2C1=O)OCC(=O)c1ccc(Cl)cc1. The van der Waals surface area contributed by atoms with E-state index in [0.717, 1.165) is 11.3 Å². The minimum atomic E-state index is -0.756. The molecule has 1 heterocycles. The summed E-state index contributed by atoms with van der Waals surface area (Å²) in [5.74, 6) is -1.11. The Bertz CT molecular complexity index is 887. The lowest BCUT2D eigenvalue weighted by molar-refractivity contribution is -0.152. The highest BCUT2D eigenvalue weighted by molar-refractivity contribution is 6.30. The summed E-state index contributed by atoms with van der Waals surface area (Å²) in [7, 11) is 0. The number of Topliss-reactive ketones (excluding diaryl/α,β-unsaturated/α-hetero) is 1. The Balaban J connectivity index is 1.21. The van der Waals surface area contributed by atoms with Crippen molar-refractivity contribution in [3.63, 3.8) is 0 Å². The summed E-state index contributed by atoms with van der Waals surface area (Å²) in [6.07, 6.45) is 5.25. The third-order valence-corrected chi connectivity index (χ3v) is 6.82. The summed E-state index contributed by atoms with van der Waals surface area (Å²) in [5, 5.41) is 0.502. The van der Waals surface area contributed by atoms with Gasteiger partial charge in [0.1, 0.15) is 6.54 Å². The third-order valence-electron chi connectivity index (χ3n) is 6.57. The predicted octanol–water partition coefficient (Wildman–Crippen LogP) is 2.12. The topological polar surface area (TPSA) is 80.8 Å². The lowest BCUT2D eigenvalue weighted by Crippen LogP contribution is -2.40. The van der Waals surface area contributed by atoms with E-state index in [4.69, 9.17) is 16.3 Å². The molecule has 1 aromatic rings. The predicted molar refractivity (Wildman–Crippen MR) is 98.2 cm³/mol. The van der Waals surface area contributed by atoms with Crippen molar-refractivity contribution in [2.24, 2.45) is 35.5 Å². The van der Waals surface area contributed by atoms with Crippen LogP contribution < -0.4 is 0 Å². The molecule has 2 saturated carbocycles. The van der Waals surface area contributed by atoms with Gasteiger partial charge in [-0.1, -0.05) is 23.8 Å². The second kappa shape index (κ2) is 6.27. The Morgan fingerprint density at radius 1 is 1.00 bits per heavy atom. The second-order valence-corrected chi connectivity index (χ2v) is 8.44. The van der Waals surface area contributed by atoms with Crippen LogP contribution in [0.1, 0.15) is 16.8 Å². The average Bonchev–Trinajstić information content (AvgIpc) is 3.48. The van der Waals surface area contributed by atoms with E-state index < -0.39 is 19.1 Å². The highest BCUT2D eigenvalue weighted by Crippen LogP contribution is 2.65. The zero-order valence-electron chi connectivity index (χ0n) is 14.9. The fourth-order valence-corrected chi connectivity index (χ4v) is 5.34. The molecule has 6 nitrogen and oxygen atoms in total. The lowest BCUT2D eigenvalue weighted by atomic mass is 9.63. The molecule has 5 aliphatic rings. The van der Waals surface area contributed by atoms with Crippen LogP contribution in [0.4, 0.5) is 0 Å². The van der Waals surface area contributed by atoms with Crippen LogP contribution in [0.2, 0.25) is 5.02 Å². The number of halogens is 1. The number of carbonyl (C=O) groups excluding carboxylic acids is 4. The van der Waals surface area contributed by atoms with E-state index in [1.54, 1.807) is 24.3 Å². The molecule has 28 heavy (non-hydrogen) atoms. The van der Waals surface area contributed by atoms with E-state index >= 15 is 0 Å². The number of hydrogen-bond donors (Lipinski definition) is 0. The zero-order chi connectivity index (χ0) is 19.6. The maximum Gasteiger partial charge on any atom is 0.326 e. The Morgan fingerprint density at radius 3 is 2.14 bits per heavy atom. The third kappa shape index (κ3) is 2.62. The minimum Gasteiger partial charge on any atom is -0.456 e. The fraction of sp³-hybridized carbons (Fsp3) is 0.429. The molecule has 4 aliphatic carbocycles. The number of carbonyl (C=O) groups is 4. The number of imide groups is 1. The van der Waals surface area contributed by atoms with Gasteiger partial charge in [-0.25, -0.2) is 0 Å². The Morgan fingerprint density at radius 2 is 1.57 bits per heavy atom. The first-order valence-electron chi connectivity index (χ1n) is 9.43. The molecule has 2 amide bonds. The number of esters is 1. The molecule has 144 valence electrons. The Labute approximate surface area is 166 Å². The number of likely N-dealkylation sites (tertiary alicyclic amines) is 1. The Kier molecular flexibility index (Phi) is 3.95. The average molecular weight is 400 g/mol. The zero-order valence-corrected chi connectivity index (χ0v) is 15.7. The van der Waals surface area contributed by atoms with Crippen LogP contribution in [0.15, 0.2) is 36.4 Å². The van der Waals surface area contributed by atoms with Gasteiger partial charge in [-0.3, -0.25) is 24.1 Å². The first-order chi connectivity index (χ1) is 13.5. The maximum atomic E-state index is 12.8. The Hall–Kier alpha value is -2.47. The molecule has 1 aliphatic heterocycles. The molecule has 0 unspecified atom stereocenters. The number of hydrogen-bond acceptors (Lipinski definition) is 5. The van der Waals surface area contributed by atoms with Crippen molar-refractivity contribution in [1.82, 2.24) is 4.90 Å². The van der Waals surface area contributed by atoms with Crippen LogP contribution in [0, 0.1) is 35.5 Å². The van der Waals surface area contributed by atoms with Crippen molar-refractivity contribution in [2.45, 2.75) is 6.42 Å². The summed E-state index contributed by atoms with van der Waals surface area (Å²) < 4.78 is 5.02. The normalized spacial score (nSPS) is 34.2. The van der Waals surface area contributed by atoms with Gasteiger partial charge in [0.2, 0.25) is 11.8 Å². The van der Waals surface area contributed by atoms with Crippen molar-refractivity contribution in [1.29, 1.82) is 0 Å². The summed E-state index contributed by atoms with van der Waals surface area (Å²) in [5.41, 5.74) is 0.374. The van der Waals surface area contributed by atoms with Gasteiger partial charge in [0, 0.05) is 10.6 Å². The number of ketones is 1. The summed E-state index contributed by atoms with van der Waals surface area (Å²) in [6.45, 7) is -0.881. The molecule has 1 aromatic carbocycles. The molecule has 6 rings (SSSR count). The number of ether oxygens (including phenoxy) is 1. The van der Waals surface area contributed by atoms with E-state index in [1.807, 2.05) is 0 Å². The first-order valence-corrected chi connectivity index (χ1v) is 9.81. The van der Waals surface area contributed by atoms with Crippen molar-refractivity contribution in [3.05, 3.63) is 47.0 Å². The number of rotatable bonds is 5. The highest BCUT2D eigenvalue weighted by atomic mass is 35.5. The van der Waals surface area contributed by atoms with Gasteiger partial charge in [-0.2, -0.15) is 0 Å². The quantitative estimate of drug-likeness (QED) is 0.328. The van der Waals surface area contributed by atoms with Gasteiger partial charge in [-0.15, -0.1) is 0 Å². The molecule has 3 fully saturated rings. The maximum absolute atomic E-state index is 12.8. The molecular formula is C21H18ClNO5. The van der Waals surface area contributed by atoms with Crippen LogP contribution >= 0.6 is 11.6 Å². The number of allylic oxidation sites excluding steroid dienone is 2. The lowest BCUT2D eigenvalue weighted by Gasteiger charge is -2.37. The molecule has 7 heteroatoms. The standard InChI is InChI=1S/C21H18ClNO5/c22-11-3-1-10(2-4-11)16(24)9-28-17(25)8-23-20(26)18-12-5-6-13(15-7-14(12)15)19(18)21(23)27/h1-6,12-15,18-19H,7-9H2/t12-,13+,14-,15-,18-,19+/m0/s1. The number of benzene rings is 1. The van der Waals surface area contributed by atoms with E-state index in [0.29, 0.717) is 22.4 Å². The molecule has 0 radical (unpaired) electrons. The van der Waals surface area contributed by atoms with Gasteiger partial charge in [0.05, 0.1) is 11.8 Å². The van der Waals surface area contributed by atoms with Crippen molar-refractivity contribution in [2.75, 3.05) is 13.2 Å². The molecule has 1 saturated heterocycles. The van der Waals surface area contributed by atoms with Crippen LogP contribution in [0.5, 0.6) is 0 Å². The van der Waals surface area contributed by atoms with Gasteiger partial charge in [0.25, 0.3) is 0 Å². The molecule has 0 N–H and O–H groups in total. The van der Waals surface area contributed by atoms with Crippen molar-refractivity contribution in [3.8, 4) is 0 Å². The van der Waals surface area contributed by atoms with Gasteiger partial charge in [0.15, 0.2) is 12.4 Å². The van der Waals surface area contributed by atoms with Crippen molar-refractivity contribution < 1.29 is 23.9 Å². The number of nitrogens with zero attached hydrogens (tertiary/aromatic N) is 1. The largest absolute Gasteiger partial charge is 0.456 e. The van der Waals surface area contributed by atoms with Crippen LogP contribution in [0.3, 0.4) is 0 Å². The summed E-state index contributed by atoms with van der Waals surface area (Å²) >= 11 is 5.78. The molecule has 2 bridgehead atoms. The van der Waals surface area contributed by atoms with E-state index in [-0.39, 0.29) is 41.3 Å².